The van der Waals surface area contributed by atoms with Crippen molar-refractivity contribution in [3.63, 3.8) is 0 Å². The number of hydrogen-bond acceptors (Lipinski definition) is 6. The van der Waals surface area contributed by atoms with Crippen molar-refractivity contribution in [2.24, 2.45) is 0 Å². The number of anilines is 1. The van der Waals surface area contributed by atoms with Gasteiger partial charge in [-0.3, -0.25) is 4.79 Å². The quantitative estimate of drug-likeness (QED) is 0.438. The number of nitrogen functional groups attached to an aromatic ring is 1. The molecule has 0 aliphatic carbocycles. The Morgan fingerprint density at radius 3 is 2.56 bits per heavy atom. The van der Waals surface area contributed by atoms with Crippen molar-refractivity contribution in [3.05, 3.63) is 62.4 Å². The van der Waals surface area contributed by atoms with E-state index in [2.05, 4.69) is 20.9 Å². The largest absolute Gasteiger partial charge is 0.507 e. The van der Waals surface area contributed by atoms with E-state index in [4.69, 9.17) is 5.73 Å². The fourth-order valence-corrected chi connectivity index (χ4v) is 3.50. The summed E-state index contributed by atoms with van der Waals surface area (Å²) in [7, 11) is 0. The molecule has 0 aliphatic rings. The monoisotopic (exact) mass is 418 g/mol. The van der Waals surface area contributed by atoms with Gasteiger partial charge >= 0.3 is 5.97 Å². The Morgan fingerprint density at radius 2 is 1.88 bits per heavy atom. The number of halogens is 1. The molecule has 0 aliphatic heterocycles. The van der Waals surface area contributed by atoms with Gasteiger partial charge in [-0.1, -0.05) is 34.1 Å². The summed E-state index contributed by atoms with van der Waals surface area (Å²) in [5.74, 6) is -1.97. The van der Waals surface area contributed by atoms with Crippen LogP contribution in [0, 0.1) is 0 Å². The molecule has 1 aromatic heterocycles. The second-order valence-corrected chi connectivity index (χ2v) is 6.99. The Balaban J connectivity index is 2.14. The first-order valence-electron chi connectivity index (χ1n) is 7.00. The maximum atomic E-state index is 12.7. The lowest BCUT2D eigenvalue weighted by Crippen LogP contribution is -2.01. The van der Waals surface area contributed by atoms with Crippen molar-refractivity contribution in [1.82, 2.24) is 4.98 Å². The number of benzene rings is 2. The number of carboxylic acid groups (broad SMARTS) is 1. The highest BCUT2D eigenvalue weighted by Gasteiger charge is 2.25. The number of ketones is 1. The highest BCUT2D eigenvalue weighted by molar-refractivity contribution is 9.10. The molecule has 0 spiro atoms. The second-order valence-electron chi connectivity index (χ2n) is 5.08. The van der Waals surface area contributed by atoms with Gasteiger partial charge in [0.15, 0.2) is 5.01 Å². The lowest BCUT2D eigenvalue weighted by molar-refractivity contribution is 0.0702. The molecule has 126 valence electrons. The predicted molar refractivity (Wildman–Crippen MR) is 98.2 cm³/mol. The zero-order valence-electron chi connectivity index (χ0n) is 12.6. The zero-order valence-corrected chi connectivity index (χ0v) is 15.0. The fourth-order valence-electron chi connectivity index (χ4n) is 2.26. The van der Waals surface area contributed by atoms with Crippen LogP contribution in [0.5, 0.6) is 5.75 Å². The number of rotatable bonds is 4. The first kappa shape index (κ1) is 17.1. The molecule has 0 fully saturated rings. The molecule has 0 saturated heterocycles. The predicted octanol–water partition coefficient (Wildman–Crippen LogP) is 3.79. The van der Waals surface area contributed by atoms with E-state index in [-0.39, 0.29) is 26.9 Å². The van der Waals surface area contributed by atoms with Gasteiger partial charge in [-0.15, -0.1) is 11.3 Å². The normalized spacial score (nSPS) is 10.6. The number of phenolic OH excluding ortho intramolecular Hbond substituents is 1. The summed E-state index contributed by atoms with van der Waals surface area (Å²) in [6, 6.07) is 11.1. The van der Waals surface area contributed by atoms with E-state index in [9.17, 15) is 19.8 Å². The van der Waals surface area contributed by atoms with Crippen LogP contribution in [0.1, 0.15) is 25.0 Å². The van der Waals surface area contributed by atoms with E-state index in [1.165, 1.54) is 12.1 Å². The van der Waals surface area contributed by atoms with Crippen molar-refractivity contribution >= 4 is 44.7 Å². The number of carbonyl (C=O) groups excluding carboxylic acids is 1. The molecule has 0 amide bonds. The van der Waals surface area contributed by atoms with Gasteiger partial charge < -0.3 is 15.9 Å². The van der Waals surface area contributed by atoms with Crippen LogP contribution in [-0.4, -0.2) is 26.9 Å². The highest BCUT2D eigenvalue weighted by Crippen LogP contribution is 2.34. The molecule has 0 atom stereocenters. The molecule has 2 aromatic carbocycles. The minimum atomic E-state index is -1.20. The van der Waals surface area contributed by atoms with Gasteiger partial charge in [0.1, 0.15) is 10.6 Å². The van der Waals surface area contributed by atoms with E-state index in [0.717, 1.165) is 11.3 Å². The van der Waals surface area contributed by atoms with Crippen molar-refractivity contribution < 1.29 is 19.8 Å². The third kappa shape index (κ3) is 3.26. The Kier molecular flexibility index (Phi) is 4.56. The molecule has 0 unspecified atom stereocenters. The van der Waals surface area contributed by atoms with E-state index < -0.39 is 11.8 Å². The van der Waals surface area contributed by atoms with Crippen molar-refractivity contribution in [3.8, 4) is 17.0 Å². The average Bonchev–Trinajstić information content (AvgIpc) is 3.02. The maximum Gasteiger partial charge on any atom is 0.348 e. The van der Waals surface area contributed by atoms with Crippen LogP contribution >= 0.6 is 27.3 Å². The molecule has 8 heteroatoms. The lowest BCUT2D eigenvalue weighted by atomic mass is 10.1. The van der Waals surface area contributed by atoms with Crippen LogP contribution in [0.15, 0.2) is 46.9 Å². The maximum absolute atomic E-state index is 12.7. The number of thiazole rings is 1. The number of aromatic carboxylic acids is 1. The number of aromatic hydroxyl groups is 1. The Morgan fingerprint density at radius 1 is 1.16 bits per heavy atom. The fraction of sp³-hybridized carbons (Fsp3) is 0. The van der Waals surface area contributed by atoms with Crippen LogP contribution in [-0.2, 0) is 0 Å². The van der Waals surface area contributed by atoms with E-state index in [1.807, 2.05) is 0 Å². The number of hydrogen-bond donors (Lipinski definition) is 3. The molecule has 6 nitrogen and oxygen atoms in total. The minimum Gasteiger partial charge on any atom is -0.507 e. The van der Waals surface area contributed by atoms with Gasteiger partial charge in [0, 0.05) is 15.7 Å². The van der Waals surface area contributed by atoms with Crippen LogP contribution in [0.4, 0.5) is 5.69 Å². The Labute approximate surface area is 154 Å². The van der Waals surface area contributed by atoms with Crippen molar-refractivity contribution in [2.75, 3.05) is 5.73 Å². The van der Waals surface area contributed by atoms with Gasteiger partial charge in [-0.25, -0.2) is 9.78 Å². The number of nitrogens with zero attached hydrogens (tertiary/aromatic N) is 1. The first-order chi connectivity index (χ1) is 11.9. The number of para-hydroxylation sites is 1. The molecule has 0 bridgehead atoms. The number of aromatic nitrogens is 1. The van der Waals surface area contributed by atoms with Gasteiger partial charge in [-0.2, -0.15) is 0 Å². The summed E-state index contributed by atoms with van der Waals surface area (Å²) in [6.07, 6.45) is 0. The minimum absolute atomic E-state index is 0.0349. The summed E-state index contributed by atoms with van der Waals surface area (Å²) >= 11 is 3.98. The smallest absolute Gasteiger partial charge is 0.348 e. The number of carboxylic acids is 1. The van der Waals surface area contributed by atoms with Crippen molar-refractivity contribution in [1.29, 1.82) is 0 Å². The number of nitrogens with two attached hydrogens (primary N) is 1. The Hall–Kier alpha value is -2.71. The van der Waals surface area contributed by atoms with Crippen LogP contribution in [0.25, 0.3) is 11.3 Å². The molecule has 1 heterocycles. The number of carbonyl (C=O) groups is 2. The summed E-state index contributed by atoms with van der Waals surface area (Å²) in [4.78, 5) is 28.3. The molecule has 4 N–H and O–H groups in total. The summed E-state index contributed by atoms with van der Waals surface area (Å²) in [5.41, 5.74) is 6.87. The second kappa shape index (κ2) is 6.66. The van der Waals surface area contributed by atoms with Crippen LogP contribution in [0.2, 0.25) is 0 Å². The van der Waals surface area contributed by atoms with Gasteiger partial charge in [0.05, 0.1) is 11.3 Å². The summed E-state index contributed by atoms with van der Waals surface area (Å²) in [5, 5.41) is 19.3. The molecule has 3 rings (SSSR count). The molecular formula is C17H11BrN2O4S. The SMILES string of the molecule is Nc1ccccc1-c1nc(C(=O)c2cc(Br)ccc2O)sc1C(=O)O. The molecule has 25 heavy (non-hydrogen) atoms. The molecule has 3 aromatic rings. The molecule has 0 radical (unpaired) electrons. The van der Waals surface area contributed by atoms with E-state index in [1.54, 1.807) is 30.3 Å². The third-order valence-corrected chi connectivity index (χ3v) is 4.97. The van der Waals surface area contributed by atoms with Gasteiger partial charge in [-0.05, 0) is 24.3 Å². The third-order valence-electron chi connectivity index (χ3n) is 3.43. The topological polar surface area (TPSA) is 114 Å². The Bertz CT molecular complexity index is 1000. The standard InChI is InChI=1S/C17H11BrN2O4S/c18-8-5-6-12(21)10(7-8)14(22)16-20-13(15(25-16)17(23)24)9-3-1-2-4-11(9)19/h1-7,21H,19H2,(H,23,24). The lowest BCUT2D eigenvalue weighted by Gasteiger charge is -2.03. The summed E-state index contributed by atoms with van der Waals surface area (Å²) < 4.78 is 0.608. The summed E-state index contributed by atoms with van der Waals surface area (Å²) in [6.45, 7) is 0. The van der Waals surface area contributed by atoms with E-state index >= 15 is 0 Å². The number of phenols is 1. The van der Waals surface area contributed by atoms with Crippen molar-refractivity contribution in [2.45, 2.75) is 0 Å². The van der Waals surface area contributed by atoms with E-state index in [0.29, 0.717) is 15.7 Å². The average molecular weight is 419 g/mol. The first-order valence-corrected chi connectivity index (χ1v) is 8.61. The van der Waals surface area contributed by atoms with Crippen LogP contribution < -0.4 is 5.73 Å². The van der Waals surface area contributed by atoms with Gasteiger partial charge in [0.25, 0.3) is 0 Å². The molecule has 0 saturated carbocycles. The van der Waals surface area contributed by atoms with Gasteiger partial charge in [0.2, 0.25) is 5.78 Å². The highest BCUT2D eigenvalue weighted by atomic mass is 79.9. The zero-order chi connectivity index (χ0) is 18.1. The molecular weight excluding hydrogens is 408 g/mol. The van der Waals surface area contributed by atoms with Crippen LogP contribution in [0.3, 0.4) is 0 Å².